The number of rotatable bonds is 4. The van der Waals surface area contributed by atoms with E-state index >= 15 is 0 Å². The SMILES string of the molecule is CN(C)C(=O)CC1CN(Cc2ccsc2)c2ccc(Cl)cc21. The molecular weight excluding hydrogens is 316 g/mol. The van der Waals surface area contributed by atoms with Crippen molar-refractivity contribution in [2.75, 3.05) is 25.5 Å². The maximum absolute atomic E-state index is 12.1. The molecule has 116 valence electrons. The molecule has 1 aliphatic heterocycles. The number of carbonyl (C=O) groups excluding carboxylic acids is 1. The van der Waals surface area contributed by atoms with Crippen molar-refractivity contribution < 1.29 is 4.79 Å². The van der Waals surface area contributed by atoms with E-state index in [0.29, 0.717) is 6.42 Å². The predicted octanol–water partition coefficient (Wildman–Crippen LogP) is 3.98. The van der Waals surface area contributed by atoms with Gasteiger partial charge < -0.3 is 9.80 Å². The molecule has 0 spiro atoms. The van der Waals surface area contributed by atoms with Crippen LogP contribution in [0.2, 0.25) is 5.02 Å². The Kier molecular flexibility index (Phi) is 4.41. The molecule has 5 heteroatoms. The number of hydrogen-bond acceptors (Lipinski definition) is 3. The van der Waals surface area contributed by atoms with Crippen molar-refractivity contribution >= 4 is 34.5 Å². The Labute approximate surface area is 140 Å². The Bertz CT molecular complexity index is 669. The molecule has 0 aliphatic carbocycles. The fourth-order valence-electron chi connectivity index (χ4n) is 2.92. The second-order valence-corrected chi connectivity index (χ2v) is 7.12. The highest BCUT2D eigenvalue weighted by Crippen LogP contribution is 2.40. The number of nitrogens with zero attached hydrogens (tertiary/aromatic N) is 2. The summed E-state index contributed by atoms with van der Waals surface area (Å²) in [4.78, 5) is 16.1. The first-order valence-electron chi connectivity index (χ1n) is 7.30. The molecule has 0 bridgehead atoms. The van der Waals surface area contributed by atoms with Crippen LogP contribution in [0.4, 0.5) is 5.69 Å². The Morgan fingerprint density at radius 2 is 2.23 bits per heavy atom. The molecule has 1 unspecified atom stereocenters. The van der Waals surface area contributed by atoms with Crippen LogP contribution >= 0.6 is 22.9 Å². The van der Waals surface area contributed by atoms with Crippen LogP contribution in [0.25, 0.3) is 0 Å². The predicted molar refractivity (Wildman–Crippen MR) is 92.9 cm³/mol. The van der Waals surface area contributed by atoms with Gasteiger partial charge in [0.05, 0.1) is 0 Å². The van der Waals surface area contributed by atoms with E-state index in [4.69, 9.17) is 11.6 Å². The van der Waals surface area contributed by atoms with Gasteiger partial charge in [0.25, 0.3) is 0 Å². The van der Waals surface area contributed by atoms with Crippen LogP contribution in [0.5, 0.6) is 0 Å². The van der Waals surface area contributed by atoms with E-state index in [1.54, 1.807) is 30.3 Å². The van der Waals surface area contributed by atoms with Crippen LogP contribution in [0.1, 0.15) is 23.5 Å². The third-order valence-corrected chi connectivity index (χ3v) is 5.05. The summed E-state index contributed by atoms with van der Waals surface area (Å²) >= 11 is 7.88. The van der Waals surface area contributed by atoms with Gasteiger partial charge in [-0.3, -0.25) is 4.79 Å². The summed E-state index contributed by atoms with van der Waals surface area (Å²) in [6.07, 6.45) is 0.528. The van der Waals surface area contributed by atoms with Gasteiger partial charge in [0.2, 0.25) is 5.91 Å². The highest BCUT2D eigenvalue weighted by Gasteiger charge is 2.30. The summed E-state index contributed by atoms with van der Waals surface area (Å²) in [5.74, 6) is 0.371. The van der Waals surface area contributed by atoms with Crippen LogP contribution in [0, 0.1) is 0 Å². The molecule has 0 saturated carbocycles. The first-order valence-corrected chi connectivity index (χ1v) is 8.62. The maximum atomic E-state index is 12.1. The third kappa shape index (κ3) is 3.13. The molecule has 1 aliphatic rings. The Hall–Kier alpha value is -1.52. The second-order valence-electron chi connectivity index (χ2n) is 5.90. The smallest absolute Gasteiger partial charge is 0.222 e. The average Bonchev–Trinajstić information content (AvgIpc) is 3.08. The molecule has 0 fully saturated rings. The van der Waals surface area contributed by atoms with Gasteiger partial charge in [-0.2, -0.15) is 11.3 Å². The normalized spacial score (nSPS) is 16.7. The van der Waals surface area contributed by atoms with Crippen LogP contribution in [0.3, 0.4) is 0 Å². The highest BCUT2D eigenvalue weighted by atomic mass is 35.5. The number of carbonyl (C=O) groups is 1. The van der Waals surface area contributed by atoms with Gasteiger partial charge in [0, 0.05) is 50.2 Å². The molecule has 0 N–H and O–H groups in total. The summed E-state index contributed by atoms with van der Waals surface area (Å²) in [6.45, 7) is 1.75. The van der Waals surface area contributed by atoms with Crippen LogP contribution in [0.15, 0.2) is 35.0 Å². The first-order chi connectivity index (χ1) is 10.5. The lowest BCUT2D eigenvalue weighted by atomic mass is 9.97. The van der Waals surface area contributed by atoms with E-state index in [1.165, 1.54) is 16.8 Å². The van der Waals surface area contributed by atoms with E-state index in [2.05, 4.69) is 27.8 Å². The molecule has 1 amide bonds. The van der Waals surface area contributed by atoms with Crippen molar-refractivity contribution in [1.29, 1.82) is 0 Å². The summed E-state index contributed by atoms with van der Waals surface area (Å²) in [5.41, 5.74) is 3.70. The zero-order chi connectivity index (χ0) is 15.7. The van der Waals surface area contributed by atoms with Gasteiger partial charge >= 0.3 is 0 Å². The standard InChI is InChI=1S/C17H19ClN2OS/c1-19(2)17(21)7-13-10-20(9-12-5-6-22-11-12)16-4-3-14(18)8-15(13)16/h3-6,8,11,13H,7,9-10H2,1-2H3. The molecule has 0 saturated heterocycles. The lowest BCUT2D eigenvalue weighted by Gasteiger charge is -2.19. The molecule has 2 heterocycles. The fourth-order valence-corrected chi connectivity index (χ4v) is 3.76. The quantitative estimate of drug-likeness (QED) is 0.844. The van der Waals surface area contributed by atoms with Gasteiger partial charge in [-0.15, -0.1) is 0 Å². The Balaban J connectivity index is 1.85. The Morgan fingerprint density at radius 3 is 2.91 bits per heavy atom. The van der Waals surface area contributed by atoms with Gasteiger partial charge in [0.1, 0.15) is 0 Å². The average molecular weight is 335 g/mol. The number of benzene rings is 1. The number of hydrogen-bond donors (Lipinski definition) is 0. The lowest BCUT2D eigenvalue weighted by molar-refractivity contribution is -0.129. The van der Waals surface area contributed by atoms with Crippen molar-refractivity contribution in [3.63, 3.8) is 0 Å². The van der Waals surface area contributed by atoms with E-state index in [9.17, 15) is 4.79 Å². The molecule has 3 nitrogen and oxygen atoms in total. The molecule has 1 aromatic heterocycles. The third-order valence-electron chi connectivity index (χ3n) is 4.08. The zero-order valence-corrected chi connectivity index (χ0v) is 14.3. The molecule has 1 atom stereocenters. The molecule has 1 aromatic carbocycles. The molecule has 2 aromatic rings. The fraction of sp³-hybridized carbons (Fsp3) is 0.353. The lowest BCUT2D eigenvalue weighted by Crippen LogP contribution is -2.26. The van der Waals surface area contributed by atoms with E-state index in [-0.39, 0.29) is 11.8 Å². The van der Waals surface area contributed by atoms with Gasteiger partial charge in [-0.1, -0.05) is 11.6 Å². The minimum Gasteiger partial charge on any atom is -0.366 e. The summed E-state index contributed by atoms with van der Waals surface area (Å²) < 4.78 is 0. The number of fused-ring (bicyclic) bond motifs is 1. The van der Waals surface area contributed by atoms with Crippen LogP contribution in [-0.2, 0) is 11.3 Å². The van der Waals surface area contributed by atoms with E-state index < -0.39 is 0 Å². The van der Waals surface area contributed by atoms with Gasteiger partial charge in [-0.05, 0) is 46.2 Å². The molecule has 0 radical (unpaired) electrons. The minimum atomic E-state index is 0.160. The van der Waals surface area contributed by atoms with Crippen molar-refractivity contribution in [2.45, 2.75) is 18.9 Å². The van der Waals surface area contributed by atoms with Crippen LogP contribution in [-0.4, -0.2) is 31.4 Å². The number of amides is 1. The largest absolute Gasteiger partial charge is 0.366 e. The van der Waals surface area contributed by atoms with Crippen molar-refractivity contribution in [3.05, 3.63) is 51.2 Å². The van der Waals surface area contributed by atoms with Crippen LogP contribution < -0.4 is 4.90 Å². The highest BCUT2D eigenvalue weighted by molar-refractivity contribution is 7.07. The first kappa shape index (κ1) is 15.4. The Morgan fingerprint density at radius 1 is 1.41 bits per heavy atom. The topological polar surface area (TPSA) is 23.6 Å². The monoisotopic (exact) mass is 334 g/mol. The maximum Gasteiger partial charge on any atom is 0.222 e. The molecule has 22 heavy (non-hydrogen) atoms. The van der Waals surface area contributed by atoms with Crippen molar-refractivity contribution in [3.8, 4) is 0 Å². The van der Waals surface area contributed by atoms with Crippen molar-refractivity contribution in [1.82, 2.24) is 4.90 Å². The number of anilines is 1. The molecule has 3 rings (SSSR count). The minimum absolute atomic E-state index is 0.160. The number of thiophene rings is 1. The van der Waals surface area contributed by atoms with Gasteiger partial charge in [-0.25, -0.2) is 0 Å². The summed E-state index contributed by atoms with van der Waals surface area (Å²) in [5, 5.41) is 5.01. The van der Waals surface area contributed by atoms with Crippen molar-refractivity contribution in [2.24, 2.45) is 0 Å². The van der Waals surface area contributed by atoms with E-state index in [0.717, 1.165) is 18.1 Å². The summed E-state index contributed by atoms with van der Waals surface area (Å²) in [6, 6.07) is 8.16. The second kappa shape index (κ2) is 6.31. The number of halogens is 1. The molecular formula is C17H19ClN2OS. The zero-order valence-electron chi connectivity index (χ0n) is 12.8. The van der Waals surface area contributed by atoms with Gasteiger partial charge in [0.15, 0.2) is 0 Å². The van der Waals surface area contributed by atoms with E-state index in [1.807, 2.05) is 12.1 Å². The summed E-state index contributed by atoms with van der Waals surface area (Å²) in [7, 11) is 3.61.